The van der Waals surface area contributed by atoms with Gasteiger partial charge >= 0.3 is 0 Å². The zero-order valence-corrected chi connectivity index (χ0v) is 14.3. The molecule has 26 heavy (non-hydrogen) atoms. The zero-order valence-electron chi connectivity index (χ0n) is 14.3. The maximum Gasteiger partial charge on any atom is 0.261 e. The summed E-state index contributed by atoms with van der Waals surface area (Å²) in [5.41, 5.74) is 3.18. The van der Waals surface area contributed by atoms with Crippen molar-refractivity contribution < 1.29 is 9.59 Å². The molecule has 2 aliphatic heterocycles. The van der Waals surface area contributed by atoms with Crippen molar-refractivity contribution >= 4 is 23.2 Å². The van der Waals surface area contributed by atoms with Crippen molar-refractivity contribution in [3.63, 3.8) is 0 Å². The second kappa shape index (κ2) is 6.44. The zero-order chi connectivity index (χ0) is 18.1. The van der Waals surface area contributed by atoms with Gasteiger partial charge in [0.1, 0.15) is 0 Å². The Kier molecular flexibility index (Phi) is 3.97. The van der Waals surface area contributed by atoms with Gasteiger partial charge in [-0.05, 0) is 36.8 Å². The average molecular weight is 343 g/mol. The van der Waals surface area contributed by atoms with Crippen LogP contribution in [0.2, 0.25) is 0 Å². The number of hydrogen-bond acceptors (Lipinski definition) is 4. The van der Waals surface area contributed by atoms with Crippen LogP contribution in [0.5, 0.6) is 0 Å². The number of carbonyl (C=O) groups is 2. The fourth-order valence-corrected chi connectivity index (χ4v) is 3.13. The van der Waals surface area contributed by atoms with Gasteiger partial charge in [0.05, 0.1) is 23.5 Å². The summed E-state index contributed by atoms with van der Waals surface area (Å²) in [5.74, 6) is 0.221. The Morgan fingerprint density at radius 1 is 1.12 bits per heavy atom. The van der Waals surface area contributed by atoms with E-state index in [-0.39, 0.29) is 18.2 Å². The number of rotatable bonds is 3. The van der Waals surface area contributed by atoms with Crippen LogP contribution in [0.15, 0.2) is 77.6 Å². The Labute approximate surface area is 151 Å². The van der Waals surface area contributed by atoms with Crippen molar-refractivity contribution in [3.05, 3.63) is 89.3 Å². The maximum absolute atomic E-state index is 13.2. The van der Waals surface area contributed by atoms with Gasteiger partial charge in [0.2, 0.25) is 0 Å². The van der Waals surface area contributed by atoms with Gasteiger partial charge in [0.25, 0.3) is 5.91 Å². The number of Topliss-reactive ketones (excluding diaryl/α,β-unsaturated/α-hetero) is 1. The second-order valence-corrected chi connectivity index (χ2v) is 6.16. The maximum atomic E-state index is 13.2. The van der Waals surface area contributed by atoms with Crippen LogP contribution < -0.4 is 5.32 Å². The smallest absolute Gasteiger partial charge is 0.261 e. The molecule has 0 bridgehead atoms. The normalized spacial score (nSPS) is 15.3. The number of allylic oxidation sites excluding steroid dienone is 2. The molecule has 5 nitrogen and oxygen atoms in total. The van der Waals surface area contributed by atoms with Gasteiger partial charge < -0.3 is 5.32 Å². The first kappa shape index (κ1) is 16.0. The van der Waals surface area contributed by atoms with Crippen LogP contribution in [-0.4, -0.2) is 29.0 Å². The van der Waals surface area contributed by atoms with Gasteiger partial charge in [0, 0.05) is 11.8 Å². The number of aryl methyl sites for hydroxylation is 1. The molecule has 5 heteroatoms. The number of fused-ring (bicyclic) bond motifs is 2. The summed E-state index contributed by atoms with van der Waals surface area (Å²) in [5, 5.41) is 3.07. The summed E-state index contributed by atoms with van der Waals surface area (Å²) in [4.78, 5) is 32.1. The summed E-state index contributed by atoms with van der Waals surface area (Å²) in [6, 6.07) is 14.6. The number of carbonyl (C=O) groups excluding carboxylic acids is 2. The van der Waals surface area contributed by atoms with Crippen molar-refractivity contribution in [1.29, 1.82) is 0 Å². The minimum atomic E-state index is -0.232. The molecule has 4 rings (SSSR count). The predicted octanol–water partition coefficient (Wildman–Crippen LogP) is 3.36. The van der Waals surface area contributed by atoms with Gasteiger partial charge in [-0.1, -0.05) is 36.4 Å². The van der Waals surface area contributed by atoms with E-state index in [1.165, 1.54) is 4.90 Å². The molecule has 0 saturated carbocycles. The molecule has 0 radical (unpaired) electrons. The summed E-state index contributed by atoms with van der Waals surface area (Å²) in [6.07, 6.45) is 5.34. The molecule has 0 saturated heterocycles. The first-order valence-electron chi connectivity index (χ1n) is 8.37. The summed E-state index contributed by atoms with van der Waals surface area (Å²) in [7, 11) is 0. The molecule has 2 aromatic rings. The molecule has 128 valence electrons. The summed E-state index contributed by atoms with van der Waals surface area (Å²) in [6.45, 7) is 1.85. The second-order valence-electron chi connectivity index (χ2n) is 6.16. The highest BCUT2D eigenvalue weighted by molar-refractivity contribution is 6.13. The van der Waals surface area contributed by atoms with Crippen LogP contribution in [-0.2, 0) is 0 Å². The van der Waals surface area contributed by atoms with Crippen LogP contribution in [0.4, 0.5) is 5.69 Å². The molecule has 2 aliphatic rings. The van der Waals surface area contributed by atoms with Gasteiger partial charge in [-0.3, -0.25) is 14.5 Å². The Morgan fingerprint density at radius 3 is 2.73 bits per heavy atom. The van der Waals surface area contributed by atoms with Crippen LogP contribution >= 0.6 is 0 Å². The van der Waals surface area contributed by atoms with E-state index in [1.807, 2.05) is 31.2 Å². The lowest BCUT2D eigenvalue weighted by Gasteiger charge is -2.25. The van der Waals surface area contributed by atoms with E-state index in [0.717, 1.165) is 5.56 Å². The number of hydrogen-bond donors (Lipinski definition) is 1. The Bertz CT molecular complexity index is 1000. The SMILES string of the molecule is Cc1ccccc1C(=O)CN1C(=O)c2ccccc2N=C2NC=CC=C21. The van der Waals surface area contributed by atoms with Crippen molar-refractivity contribution in [2.45, 2.75) is 6.92 Å². The Hall–Kier alpha value is -3.47. The van der Waals surface area contributed by atoms with Crippen LogP contribution in [0.1, 0.15) is 26.3 Å². The molecule has 0 aromatic heterocycles. The number of amides is 1. The Balaban J connectivity index is 1.77. The largest absolute Gasteiger partial charge is 0.345 e. The lowest BCUT2D eigenvalue weighted by atomic mass is 10.0. The van der Waals surface area contributed by atoms with Crippen molar-refractivity contribution in [2.75, 3.05) is 6.54 Å². The van der Waals surface area contributed by atoms with Crippen LogP contribution in [0.25, 0.3) is 0 Å². The minimum absolute atomic E-state index is 0.0433. The van der Waals surface area contributed by atoms with E-state index in [9.17, 15) is 9.59 Å². The van der Waals surface area contributed by atoms with E-state index < -0.39 is 0 Å². The van der Waals surface area contributed by atoms with Crippen molar-refractivity contribution in [1.82, 2.24) is 10.2 Å². The lowest BCUT2D eigenvalue weighted by molar-refractivity contribution is 0.0766. The third-order valence-electron chi connectivity index (χ3n) is 4.46. The monoisotopic (exact) mass is 343 g/mol. The van der Waals surface area contributed by atoms with E-state index in [0.29, 0.717) is 28.3 Å². The first-order valence-corrected chi connectivity index (χ1v) is 8.37. The van der Waals surface area contributed by atoms with E-state index in [4.69, 9.17) is 0 Å². The van der Waals surface area contributed by atoms with E-state index >= 15 is 0 Å². The molecular weight excluding hydrogens is 326 g/mol. The molecule has 1 amide bonds. The van der Waals surface area contributed by atoms with Crippen LogP contribution in [0.3, 0.4) is 0 Å². The van der Waals surface area contributed by atoms with Gasteiger partial charge in [0.15, 0.2) is 11.6 Å². The third-order valence-corrected chi connectivity index (χ3v) is 4.46. The predicted molar refractivity (Wildman–Crippen MR) is 100 cm³/mol. The van der Waals surface area contributed by atoms with E-state index in [2.05, 4.69) is 10.3 Å². The van der Waals surface area contributed by atoms with Crippen LogP contribution in [0, 0.1) is 6.92 Å². The number of amidine groups is 1. The van der Waals surface area contributed by atoms with Gasteiger partial charge in [-0.25, -0.2) is 4.99 Å². The molecule has 2 heterocycles. The van der Waals surface area contributed by atoms with Crippen molar-refractivity contribution in [3.8, 4) is 0 Å². The Morgan fingerprint density at radius 2 is 1.88 bits per heavy atom. The third kappa shape index (κ3) is 2.73. The standard InChI is InChI=1S/C21H17N3O2/c1-14-7-2-3-8-15(14)19(25)13-24-18-11-6-12-22-20(18)23-17-10-5-4-9-16(17)21(24)26/h2-12H,13H2,1H3,(H,22,23). The van der Waals surface area contributed by atoms with Crippen molar-refractivity contribution in [2.24, 2.45) is 4.99 Å². The minimum Gasteiger partial charge on any atom is -0.345 e. The first-order chi connectivity index (χ1) is 12.6. The fraction of sp³-hybridized carbons (Fsp3) is 0.0952. The summed E-state index contributed by atoms with van der Waals surface area (Å²) < 4.78 is 0. The number of benzene rings is 2. The number of nitrogens with zero attached hydrogens (tertiary/aromatic N) is 2. The number of para-hydroxylation sites is 1. The quantitative estimate of drug-likeness (QED) is 0.869. The number of dihydropyridines is 1. The molecule has 0 aliphatic carbocycles. The highest BCUT2D eigenvalue weighted by Gasteiger charge is 2.30. The highest BCUT2D eigenvalue weighted by atomic mass is 16.2. The fourth-order valence-electron chi connectivity index (χ4n) is 3.13. The molecule has 2 aromatic carbocycles. The molecule has 0 atom stereocenters. The highest BCUT2D eigenvalue weighted by Crippen LogP contribution is 2.28. The number of nitrogens with one attached hydrogen (secondary N) is 1. The van der Waals surface area contributed by atoms with Gasteiger partial charge in [-0.15, -0.1) is 0 Å². The molecular formula is C21H17N3O2. The molecule has 0 unspecified atom stereocenters. The lowest BCUT2D eigenvalue weighted by Crippen LogP contribution is -2.40. The number of ketones is 1. The molecule has 0 fully saturated rings. The number of aliphatic imine (C=N–C) groups is 1. The molecule has 1 N–H and O–H groups in total. The average Bonchev–Trinajstić information content (AvgIpc) is 2.77. The van der Waals surface area contributed by atoms with E-state index in [1.54, 1.807) is 42.6 Å². The topological polar surface area (TPSA) is 61.8 Å². The van der Waals surface area contributed by atoms with Gasteiger partial charge in [-0.2, -0.15) is 0 Å². The molecule has 0 spiro atoms. The summed E-state index contributed by atoms with van der Waals surface area (Å²) >= 11 is 0.